The molecule has 2 heterocycles. The van der Waals surface area contributed by atoms with Crippen LogP contribution in [0.5, 0.6) is 0 Å². The molecule has 7 heteroatoms. The maximum absolute atomic E-state index is 12.5. The number of hydrogen-bond acceptors (Lipinski definition) is 4. The van der Waals surface area contributed by atoms with E-state index in [1.54, 1.807) is 10.7 Å². The van der Waals surface area contributed by atoms with Gasteiger partial charge in [0, 0.05) is 6.54 Å². The first-order valence-corrected chi connectivity index (χ1v) is 11.2. The summed E-state index contributed by atoms with van der Waals surface area (Å²) in [7, 11) is -3.05. The summed E-state index contributed by atoms with van der Waals surface area (Å²) in [5.74, 6) is 0.529. The lowest BCUT2D eigenvalue weighted by atomic mass is 10.1. The maximum atomic E-state index is 12.5. The number of amides is 1. The fourth-order valence-corrected chi connectivity index (χ4v) is 4.95. The SMILES string of the molecule is Cc1ccc(-c2cc(C(=O)NCCC(C)C)nn2[C@H]2CCS(=O)(=O)C2)cc1. The Morgan fingerprint density at radius 2 is 2.00 bits per heavy atom. The highest BCUT2D eigenvalue weighted by Crippen LogP contribution is 2.30. The molecule has 1 aromatic carbocycles. The summed E-state index contributed by atoms with van der Waals surface area (Å²) in [5.41, 5.74) is 3.18. The number of carbonyl (C=O) groups is 1. The highest BCUT2D eigenvalue weighted by Gasteiger charge is 2.32. The van der Waals surface area contributed by atoms with Gasteiger partial charge in [-0.25, -0.2) is 8.42 Å². The minimum absolute atomic E-state index is 0.0714. The molecule has 1 saturated heterocycles. The molecule has 146 valence electrons. The topological polar surface area (TPSA) is 81.1 Å². The fourth-order valence-electron chi connectivity index (χ4n) is 3.26. The highest BCUT2D eigenvalue weighted by molar-refractivity contribution is 7.91. The zero-order chi connectivity index (χ0) is 19.6. The van der Waals surface area contributed by atoms with E-state index in [4.69, 9.17) is 0 Å². The number of nitrogens with one attached hydrogen (secondary N) is 1. The van der Waals surface area contributed by atoms with Crippen LogP contribution in [0.2, 0.25) is 0 Å². The first-order chi connectivity index (χ1) is 12.7. The highest BCUT2D eigenvalue weighted by atomic mass is 32.2. The van der Waals surface area contributed by atoms with E-state index in [1.165, 1.54) is 0 Å². The Bertz CT molecular complexity index is 914. The van der Waals surface area contributed by atoms with E-state index in [-0.39, 0.29) is 23.5 Å². The zero-order valence-corrected chi connectivity index (χ0v) is 16.9. The quantitative estimate of drug-likeness (QED) is 0.823. The van der Waals surface area contributed by atoms with E-state index >= 15 is 0 Å². The van der Waals surface area contributed by atoms with Gasteiger partial charge in [0.2, 0.25) is 0 Å². The van der Waals surface area contributed by atoms with Gasteiger partial charge in [-0.1, -0.05) is 43.7 Å². The third-order valence-electron chi connectivity index (χ3n) is 4.88. The average Bonchev–Trinajstić information content (AvgIpc) is 3.18. The molecule has 0 unspecified atom stereocenters. The smallest absolute Gasteiger partial charge is 0.271 e. The third-order valence-corrected chi connectivity index (χ3v) is 6.63. The van der Waals surface area contributed by atoms with Crippen LogP contribution in [0.1, 0.15) is 48.8 Å². The van der Waals surface area contributed by atoms with Crippen molar-refractivity contribution in [1.29, 1.82) is 0 Å². The van der Waals surface area contributed by atoms with Crippen LogP contribution in [0.15, 0.2) is 30.3 Å². The molecule has 3 rings (SSSR count). The van der Waals surface area contributed by atoms with Crippen LogP contribution >= 0.6 is 0 Å². The van der Waals surface area contributed by atoms with Gasteiger partial charge in [0.1, 0.15) is 0 Å². The summed E-state index contributed by atoms with van der Waals surface area (Å²) in [6.07, 6.45) is 1.43. The van der Waals surface area contributed by atoms with Crippen LogP contribution in [0.4, 0.5) is 0 Å². The summed E-state index contributed by atoms with van der Waals surface area (Å²) in [6.45, 7) is 6.83. The standard InChI is InChI=1S/C20H27N3O3S/c1-14(2)8-10-21-20(24)18-12-19(16-6-4-15(3)5-7-16)23(22-18)17-9-11-27(25,26)13-17/h4-7,12,14,17H,8-11,13H2,1-3H3,(H,21,24)/t17-/m0/s1. The predicted molar refractivity (Wildman–Crippen MR) is 106 cm³/mol. The molecule has 0 saturated carbocycles. The molecular weight excluding hydrogens is 362 g/mol. The molecule has 0 spiro atoms. The monoisotopic (exact) mass is 389 g/mol. The first-order valence-electron chi connectivity index (χ1n) is 9.40. The summed E-state index contributed by atoms with van der Waals surface area (Å²) in [6, 6.07) is 9.49. The molecular formula is C20H27N3O3S. The van der Waals surface area contributed by atoms with E-state index < -0.39 is 9.84 Å². The molecule has 1 fully saturated rings. The second kappa shape index (κ2) is 7.84. The largest absolute Gasteiger partial charge is 0.351 e. The number of rotatable bonds is 6. The lowest BCUT2D eigenvalue weighted by Crippen LogP contribution is -2.26. The molecule has 0 aliphatic carbocycles. The van der Waals surface area contributed by atoms with Gasteiger partial charge in [-0.05, 0) is 37.3 Å². The molecule has 6 nitrogen and oxygen atoms in total. The van der Waals surface area contributed by atoms with Crippen LogP contribution in [0, 0.1) is 12.8 Å². The van der Waals surface area contributed by atoms with E-state index in [2.05, 4.69) is 24.3 Å². The second-order valence-corrected chi connectivity index (χ2v) is 9.95. The van der Waals surface area contributed by atoms with Crippen LogP contribution in [0.3, 0.4) is 0 Å². The van der Waals surface area contributed by atoms with Crippen molar-refractivity contribution in [2.75, 3.05) is 18.1 Å². The molecule has 1 aliphatic rings. The number of sulfone groups is 1. The van der Waals surface area contributed by atoms with Gasteiger partial charge in [0.15, 0.2) is 15.5 Å². The van der Waals surface area contributed by atoms with E-state index in [0.717, 1.165) is 23.2 Å². The second-order valence-electron chi connectivity index (χ2n) is 7.72. The molecule has 27 heavy (non-hydrogen) atoms. The minimum atomic E-state index is -3.05. The molecule has 1 aromatic heterocycles. The van der Waals surface area contributed by atoms with Gasteiger partial charge in [0.05, 0.1) is 23.2 Å². The predicted octanol–water partition coefficient (Wildman–Crippen LogP) is 2.99. The summed E-state index contributed by atoms with van der Waals surface area (Å²) in [5, 5.41) is 7.40. The summed E-state index contributed by atoms with van der Waals surface area (Å²) in [4.78, 5) is 12.5. The lowest BCUT2D eigenvalue weighted by Gasteiger charge is -2.13. The number of nitrogens with zero attached hydrogens (tertiary/aromatic N) is 2. The van der Waals surface area contributed by atoms with E-state index in [1.807, 2.05) is 31.2 Å². The Labute approximate surface area is 160 Å². The Hall–Kier alpha value is -2.15. The Balaban J connectivity index is 1.91. The van der Waals surface area contributed by atoms with Gasteiger partial charge >= 0.3 is 0 Å². The third kappa shape index (κ3) is 4.77. The van der Waals surface area contributed by atoms with Crippen LogP contribution in [-0.2, 0) is 9.84 Å². The van der Waals surface area contributed by atoms with Crippen molar-refractivity contribution in [3.63, 3.8) is 0 Å². The van der Waals surface area contributed by atoms with Crippen LogP contribution in [0.25, 0.3) is 11.3 Å². The van der Waals surface area contributed by atoms with Gasteiger partial charge in [0.25, 0.3) is 5.91 Å². The van der Waals surface area contributed by atoms with Crippen molar-refractivity contribution >= 4 is 15.7 Å². The Kier molecular flexibility index (Phi) is 5.69. The molecule has 0 radical (unpaired) electrons. The van der Waals surface area contributed by atoms with Crippen LogP contribution in [-0.4, -0.2) is 42.2 Å². The van der Waals surface area contributed by atoms with Crippen molar-refractivity contribution in [3.8, 4) is 11.3 Å². The number of hydrogen-bond donors (Lipinski definition) is 1. The number of aryl methyl sites for hydroxylation is 1. The Morgan fingerprint density at radius 3 is 2.59 bits per heavy atom. The van der Waals surface area contributed by atoms with E-state index in [0.29, 0.717) is 24.6 Å². The molecule has 2 aromatic rings. The first kappa shape index (κ1) is 19.6. The van der Waals surface area contributed by atoms with Crippen molar-refractivity contribution in [2.45, 2.75) is 39.7 Å². The zero-order valence-electron chi connectivity index (χ0n) is 16.1. The summed E-state index contributed by atoms with van der Waals surface area (Å²) >= 11 is 0. The molecule has 1 aliphatic heterocycles. The normalized spacial score (nSPS) is 18.7. The lowest BCUT2D eigenvalue weighted by molar-refractivity contribution is 0.0946. The van der Waals surface area contributed by atoms with Gasteiger partial charge in [-0.3, -0.25) is 9.48 Å². The minimum Gasteiger partial charge on any atom is -0.351 e. The van der Waals surface area contributed by atoms with Crippen molar-refractivity contribution in [1.82, 2.24) is 15.1 Å². The van der Waals surface area contributed by atoms with Gasteiger partial charge in [-0.2, -0.15) is 5.10 Å². The van der Waals surface area contributed by atoms with Crippen molar-refractivity contribution in [2.24, 2.45) is 5.92 Å². The van der Waals surface area contributed by atoms with E-state index in [9.17, 15) is 13.2 Å². The average molecular weight is 390 g/mol. The number of aromatic nitrogens is 2. The Morgan fingerprint density at radius 1 is 1.30 bits per heavy atom. The number of carbonyl (C=O) groups excluding carboxylic acids is 1. The summed E-state index contributed by atoms with van der Waals surface area (Å²) < 4.78 is 25.6. The van der Waals surface area contributed by atoms with Crippen LogP contribution < -0.4 is 5.32 Å². The maximum Gasteiger partial charge on any atom is 0.271 e. The molecule has 1 amide bonds. The number of benzene rings is 1. The van der Waals surface area contributed by atoms with Gasteiger partial charge < -0.3 is 5.32 Å². The fraction of sp³-hybridized carbons (Fsp3) is 0.500. The molecule has 1 atom stereocenters. The molecule has 0 bridgehead atoms. The van der Waals surface area contributed by atoms with Crippen molar-refractivity contribution in [3.05, 3.63) is 41.6 Å². The van der Waals surface area contributed by atoms with Crippen molar-refractivity contribution < 1.29 is 13.2 Å². The van der Waals surface area contributed by atoms with Gasteiger partial charge in [-0.15, -0.1) is 0 Å². The molecule has 1 N–H and O–H groups in total.